The number of carbonyl (C=O) groups is 1. The van der Waals surface area contributed by atoms with Crippen LogP contribution in [0.1, 0.15) is 6.42 Å². The predicted molar refractivity (Wildman–Crippen MR) is 82.2 cm³/mol. The van der Waals surface area contributed by atoms with Crippen LogP contribution in [0.15, 0.2) is 30.5 Å². The van der Waals surface area contributed by atoms with E-state index in [0.29, 0.717) is 29.6 Å². The number of rotatable bonds is 4. The molecule has 0 radical (unpaired) electrons. The molecular formula is C15H15N3O5. The van der Waals surface area contributed by atoms with E-state index in [4.69, 9.17) is 9.47 Å². The van der Waals surface area contributed by atoms with Crippen molar-refractivity contribution in [2.45, 2.75) is 12.0 Å². The van der Waals surface area contributed by atoms with E-state index in [9.17, 15) is 14.9 Å². The molecule has 0 saturated carbocycles. The van der Waals surface area contributed by atoms with Crippen LogP contribution in [0.3, 0.4) is 0 Å². The number of anilines is 1. The summed E-state index contributed by atoms with van der Waals surface area (Å²) in [4.78, 5) is 27.1. The second-order valence-electron chi connectivity index (χ2n) is 5.28. The van der Waals surface area contributed by atoms with Gasteiger partial charge in [0.1, 0.15) is 5.82 Å². The fraction of sp³-hybridized carbons (Fsp3) is 0.333. The van der Waals surface area contributed by atoms with Gasteiger partial charge < -0.3 is 14.8 Å². The highest BCUT2D eigenvalue weighted by molar-refractivity contribution is 6.04. The Bertz CT molecular complexity index is 771. The lowest BCUT2D eigenvalue weighted by molar-refractivity contribution is -0.384. The molecule has 1 N–H and O–H groups in total. The molecule has 2 heterocycles. The summed E-state index contributed by atoms with van der Waals surface area (Å²) in [6, 6.07) is 6.05. The second-order valence-corrected chi connectivity index (χ2v) is 5.28. The molecule has 1 aliphatic rings. The lowest BCUT2D eigenvalue weighted by Crippen LogP contribution is -2.45. The van der Waals surface area contributed by atoms with Gasteiger partial charge in [0.2, 0.25) is 0 Å². The highest BCUT2D eigenvalue weighted by atomic mass is 16.6. The molecule has 120 valence electrons. The third-order valence-electron chi connectivity index (χ3n) is 3.98. The highest BCUT2D eigenvalue weighted by Gasteiger charge is 2.42. The molecule has 0 bridgehead atoms. The zero-order valence-corrected chi connectivity index (χ0v) is 12.4. The summed E-state index contributed by atoms with van der Waals surface area (Å²) in [6.07, 6.45) is 1.96. The topological polar surface area (TPSA) is 104 Å². The summed E-state index contributed by atoms with van der Waals surface area (Å²) < 4.78 is 10.6. The van der Waals surface area contributed by atoms with Gasteiger partial charge in [-0.3, -0.25) is 14.9 Å². The molecule has 1 aliphatic heterocycles. The van der Waals surface area contributed by atoms with Crippen molar-refractivity contribution in [1.82, 2.24) is 4.98 Å². The number of ether oxygens (including phenoxy) is 2. The van der Waals surface area contributed by atoms with Gasteiger partial charge in [-0.05, 0) is 17.5 Å². The Morgan fingerprint density at radius 1 is 1.48 bits per heavy atom. The van der Waals surface area contributed by atoms with E-state index >= 15 is 0 Å². The maximum Gasteiger partial charge on any atom is 0.270 e. The van der Waals surface area contributed by atoms with Crippen molar-refractivity contribution in [2.75, 3.05) is 25.6 Å². The number of hydrogen-bond donors (Lipinski definition) is 1. The Morgan fingerprint density at radius 2 is 2.30 bits per heavy atom. The molecule has 1 fully saturated rings. The highest BCUT2D eigenvalue weighted by Crippen LogP contribution is 2.28. The number of nitrogens with one attached hydrogen (secondary N) is 1. The molecule has 0 aliphatic carbocycles. The van der Waals surface area contributed by atoms with Gasteiger partial charge in [-0.25, -0.2) is 4.98 Å². The molecule has 1 saturated heterocycles. The third kappa shape index (κ3) is 2.73. The van der Waals surface area contributed by atoms with Gasteiger partial charge in [0.25, 0.3) is 11.6 Å². The number of nitrogens with zero attached hydrogens (tertiary/aromatic N) is 2. The number of carbonyl (C=O) groups excluding carboxylic acids is 1. The summed E-state index contributed by atoms with van der Waals surface area (Å²) in [6.45, 7) is 0.641. The van der Waals surface area contributed by atoms with Crippen molar-refractivity contribution in [1.29, 1.82) is 0 Å². The largest absolute Gasteiger partial charge is 0.378 e. The van der Waals surface area contributed by atoms with Gasteiger partial charge >= 0.3 is 0 Å². The number of pyridine rings is 1. The smallest absolute Gasteiger partial charge is 0.270 e. The predicted octanol–water partition coefficient (Wildman–Crippen LogP) is 1.89. The standard InChI is InChI=1S/C15H15N3O5/c1-22-15(5-7-23-9-15)14(19)17-13-12-3-2-11(18(20)21)8-10(12)4-6-16-13/h2-4,6,8H,5,7,9H2,1H3,(H,16,17,19). The van der Waals surface area contributed by atoms with Crippen molar-refractivity contribution in [3.63, 3.8) is 0 Å². The van der Waals surface area contributed by atoms with Crippen molar-refractivity contribution >= 4 is 28.2 Å². The molecule has 0 spiro atoms. The summed E-state index contributed by atoms with van der Waals surface area (Å²) in [7, 11) is 1.47. The maximum absolute atomic E-state index is 12.5. The Morgan fingerprint density at radius 3 is 2.96 bits per heavy atom. The first-order valence-electron chi connectivity index (χ1n) is 7.03. The molecule has 1 atom stereocenters. The van der Waals surface area contributed by atoms with Crippen LogP contribution < -0.4 is 5.32 Å². The molecule has 8 heteroatoms. The van der Waals surface area contributed by atoms with Crippen LogP contribution in [-0.2, 0) is 14.3 Å². The molecule has 3 rings (SSSR count). The zero-order valence-electron chi connectivity index (χ0n) is 12.4. The van der Waals surface area contributed by atoms with Gasteiger partial charge in [0.05, 0.1) is 18.1 Å². The van der Waals surface area contributed by atoms with E-state index in [-0.39, 0.29) is 18.2 Å². The van der Waals surface area contributed by atoms with Gasteiger partial charge in [-0.15, -0.1) is 0 Å². The third-order valence-corrected chi connectivity index (χ3v) is 3.98. The average Bonchev–Trinajstić information content (AvgIpc) is 3.05. The first kappa shape index (κ1) is 15.3. The molecule has 1 amide bonds. The van der Waals surface area contributed by atoms with E-state index in [1.165, 1.54) is 25.4 Å². The fourth-order valence-electron chi connectivity index (χ4n) is 2.58. The van der Waals surface area contributed by atoms with E-state index in [1.807, 2.05) is 0 Å². The first-order chi connectivity index (χ1) is 11.1. The molecule has 8 nitrogen and oxygen atoms in total. The van der Waals surface area contributed by atoms with Gasteiger partial charge in [-0.1, -0.05) is 0 Å². The summed E-state index contributed by atoms with van der Waals surface area (Å²) in [5, 5.41) is 14.8. The minimum Gasteiger partial charge on any atom is -0.378 e. The SMILES string of the molecule is COC1(C(=O)Nc2nccc3cc([N+](=O)[O-])ccc23)CCOC1. The Labute approximate surface area is 131 Å². The Hall–Kier alpha value is -2.58. The summed E-state index contributed by atoms with van der Waals surface area (Å²) in [5.41, 5.74) is -1.04. The van der Waals surface area contributed by atoms with Crippen LogP contribution in [0.25, 0.3) is 10.8 Å². The van der Waals surface area contributed by atoms with Crippen LogP contribution in [0.2, 0.25) is 0 Å². The van der Waals surface area contributed by atoms with E-state index in [0.717, 1.165) is 0 Å². The second kappa shape index (κ2) is 5.90. The van der Waals surface area contributed by atoms with E-state index in [2.05, 4.69) is 10.3 Å². The number of nitro groups is 1. The first-order valence-corrected chi connectivity index (χ1v) is 7.03. The fourth-order valence-corrected chi connectivity index (χ4v) is 2.58. The number of non-ortho nitro benzene ring substituents is 1. The Balaban J connectivity index is 1.94. The number of benzene rings is 1. The minimum absolute atomic E-state index is 0.0152. The number of amides is 1. The van der Waals surface area contributed by atoms with Crippen molar-refractivity contribution in [2.24, 2.45) is 0 Å². The number of aromatic nitrogens is 1. The summed E-state index contributed by atoms with van der Waals surface area (Å²) >= 11 is 0. The molecule has 1 aromatic heterocycles. The zero-order chi connectivity index (χ0) is 16.4. The lowest BCUT2D eigenvalue weighted by atomic mass is 10.0. The van der Waals surface area contributed by atoms with Crippen molar-refractivity contribution in [3.05, 3.63) is 40.6 Å². The van der Waals surface area contributed by atoms with Crippen LogP contribution in [-0.4, -0.2) is 41.7 Å². The van der Waals surface area contributed by atoms with E-state index in [1.54, 1.807) is 12.1 Å². The maximum atomic E-state index is 12.5. The molecule has 1 aromatic carbocycles. The normalized spacial score (nSPS) is 20.6. The molecule has 23 heavy (non-hydrogen) atoms. The monoisotopic (exact) mass is 317 g/mol. The average molecular weight is 317 g/mol. The number of fused-ring (bicyclic) bond motifs is 1. The Kier molecular flexibility index (Phi) is 3.93. The number of nitro benzene ring substituents is 1. The molecule has 2 aromatic rings. The number of hydrogen-bond acceptors (Lipinski definition) is 6. The van der Waals surface area contributed by atoms with Crippen LogP contribution in [0.4, 0.5) is 11.5 Å². The van der Waals surface area contributed by atoms with Gasteiger partial charge in [0.15, 0.2) is 5.60 Å². The van der Waals surface area contributed by atoms with Gasteiger partial charge in [-0.2, -0.15) is 0 Å². The van der Waals surface area contributed by atoms with Crippen LogP contribution >= 0.6 is 0 Å². The quantitative estimate of drug-likeness (QED) is 0.682. The van der Waals surface area contributed by atoms with Crippen molar-refractivity contribution < 1.29 is 19.2 Å². The lowest BCUT2D eigenvalue weighted by Gasteiger charge is -2.24. The molecule has 1 unspecified atom stereocenters. The van der Waals surface area contributed by atoms with Gasteiger partial charge in [0, 0.05) is 37.2 Å². The van der Waals surface area contributed by atoms with E-state index < -0.39 is 10.5 Å². The molecular weight excluding hydrogens is 302 g/mol. The van der Waals surface area contributed by atoms with Crippen LogP contribution in [0.5, 0.6) is 0 Å². The van der Waals surface area contributed by atoms with Crippen LogP contribution in [0, 0.1) is 10.1 Å². The summed E-state index contributed by atoms with van der Waals surface area (Å²) in [5.74, 6) is 0.00146. The minimum atomic E-state index is -1.02. The van der Waals surface area contributed by atoms with Crippen molar-refractivity contribution in [3.8, 4) is 0 Å². The number of methoxy groups -OCH3 is 1.